The molecule has 0 aliphatic rings. The number of aryl methyl sites for hydroxylation is 1. The maximum atomic E-state index is 7.15. The molecule has 1 aromatic rings. The molecule has 6 N–H and O–H groups in total. The van der Waals surface area contributed by atoms with Crippen LogP contribution in [0.25, 0.3) is 0 Å². The third-order valence-corrected chi connectivity index (χ3v) is 2.56. The molecule has 0 saturated carbocycles. The lowest BCUT2D eigenvalue weighted by molar-refractivity contribution is 0.726. The zero-order valence-electron chi connectivity index (χ0n) is 11.9. The molecule has 0 atom stereocenters. The van der Waals surface area contributed by atoms with Gasteiger partial charge in [-0.25, -0.2) is 9.97 Å². The first-order chi connectivity index (χ1) is 9.61. The highest BCUT2D eigenvalue weighted by atomic mass is 15.1. The summed E-state index contributed by atoms with van der Waals surface area (Å²) in [7, 11) is 0. The molecular weight excluding hydrogens is 254 g/mol. The van der Waals surface area contributed by atoms with E-state index in [-0.39, 0.29) is 5.84 Å². The van der Waals surface area contributed by atoms with Gasteiger partial charge in [-0.3, -0.25) is 10.4 Å². The number of hydrogen-bond donors (Lipinski definition) is 4. The van der Waals surface area contributed by atoms with Crippen molar-refractivity contribution in [3.05, 3.63) is 18.1 Å². The molecule has 1 aromatic heterocycles. The van der Waals surface area contributed by atoms with E-state index in [0.29, 0.717) is 24.7 Å². The summed E-state index contributed by atoms with van der Waals surface area (Å²) in [6.07, 6.45) is 5.80. The topological polar surface area (TPSA) is 126 Å². The van der Waals surface area contributed by atoms with Gasteiger partial charge in [-0.1, -0.05) is 6.92 Å². The molecule has 1 heterocycles. The molecule has 20 heavy (non-hydrogen) atoms. The summed E-state index contributed by atoms with van der Waals surface area (Å²) in [5.74, 6) is 2.00. The van der Waals surface area contributed by atoms with E-state index in [1.165, 1.54) is 0 Å². The summed E-state index contributed by atoms with van der Waals surface area (Å²) in [4.78, 5) is 12.7. The first-order valence-electron chi connectivity index (χ1n) is 6.83. The number of nitrogens with zero attached hydrogens (tertiary/aromatic N) is 3. The van der Waals surface area contributed by atoms with Crippen LogP contribution in [0.2, 0.25) is 0 Å². The van der Waals surface area contributed by atoms with E-state index < -0.39 is 0 Å². The van der Waals surface area contributed by atoms with Crippen LogP contribution in [0.4, 0.5) is 5.82 Å². The summed E-state index contributed by atoms with van der Waals surface area (Å²) < 4.78 is 0. The number of amidine groups is 1. The Hall–Kier alpha value is -2.18. The maximum Gasteiger partial charge on any atom is 0.194 e. The summed E-state index contributed by atoms with van der Waals surface area (Å²) in [6.45, 7) is 2.74. The normalized spacial score (nSPS) is 11.3. The van der Waals surface area contributed by atoms with E-state index in [1.807, 2.05) is 6.92 Å². The van der Waals surface area contributed by atoms with Gasteiger partial charge in [-0.2, -0.15) is 0 Å². The molecule has 0 spiro atoms. The standard InChI is InChI=1S/C13H23N7/c1-2-8-18-13(16)20-12-7-9-17-11(19-12)6-4-3-5-10(14)15/h7,9H,2-6,8H2,1H3,(H3,14,15)(H3,16,17,18,19,20). The number of aromatic nitrogens is 2. The fourth-order valence-electron chi connectivity index (χ4n) is 1.59. The lowest BCUT2D eigenvalue weighted by Gasteiger charge is -2.06. The monoisotopic (exact) mass is 277 g/mol. The molecule has 0 bridgehead atoms. The molecule has 0 fully saturated rings. The van der Waals surface area contributed by atoms with Gasteiger partial charge >= 0.3 is 0 Å². The molecule has 0 radical (unpaired) electrons. The zero-order chi connectivity index (χ0) is 14.8. The fraction of sp³-hybridized carbons (Fsp3) is 0.538. The van der Waals surface area contributed by atoms with Gasteiger partial charge in [0, 0.05) is 25.6 Å². The van der Waals surface area contributed by atoms with Crippen molar-refractivity contribution < 1.29 is 0 Å². The molecular formula is C13H23N7. The summed E-state index contributed by atoms with van der Waals surface area (Å²) in [6, 6.07) is 1.76. The van der Waals surface area contributed by atoms with Crippen LogP contribution in [0.5, 0.6) is 0 Å². The van der Waals surface area contributed by atoms with Crippen LogP contribution in [-0.2, 0) is 6.42 Å². The Bertz CT molecular complexity index is 456. The second-order valence-electron chi connectivity index (χ2n) is 4.48. The minimum Gasteiger partial charge on any atom is -0.388 e. The van der Waals surface area contributed by atoms with Gasteiger partial charge < -0.3 is 16.8 Å². The Labute approximate surface area is 119 Å². The predicted octanol–water partition coefficient (Wildman–Crippen LogP) is 1.26. The predicted molar refractivity (Wildman–Crippen MR) is 81.9 cm³/mol. The SMILES string of the molecule is CCCN=C(N)Nc1ccnc(CCCCC(=N)N)n1. The zero-order valence-corrected chi connectivity index (χ0v) is 11.9. The Morgan fingerprint density at radius 2 is 2.20 bits per heavy atom. The Morgan fingerprint density at radius 1 is 1.40 bits per heavy atom. The number of nitrogens with two attached hydrogens (primary N) is 2. The van der Waals surface area contributed by atoms with Crippen molar-refractivity contribution in [1.82, 2.24) is 9.97 Å². The molecule has 110 valence electrons. The van der Waals surface area contributed by atoms with E-state index in [9.17, 15) is 0 Å². The van der Waals surface area contributed by atoms with Crippen molar-refractivity contribution in [3.63, 3.8) is 0 Å². The van der Waals surface area contributed by atoms with Crippen molar-refractivity contribution in [2.75, 3.05) is 11.9 Å². The molecule has 0 amide bonds. The average molecular weight is 277 g/mol. The summed E-state index contributed by atoms with van der Waals surface area (Å²) >= 11 is 0. The van der Waals surface area contributed by atoms with E-state index in [1.54, 1.807) is 12.3 Å². The van der Waals surface area contributed by atoms with Gasteiger partial charge in [0.1, 0.15) is 11.6 Å². The largest absolute Gasteiger partial charge is 0.388 e. The van der Waals surface area contributed by atoms with Gasteiger partial charge in [-0.05, 0) is 25.3 Å². The van der Waals surface area contributed by atoms with Gasteiger partial charge in [-0.15, -0.1) is 0 Å². The number of rotatable bonds is 8. The number of aliphatic imine (C=N–C) groups is 1. The summed E-state index contributed by atoms with van der Waals surface area (Å²) in [5.41, 5.74) is 11.0. The number of hydrogen-bond acceptors (Lipinski definition) is 4. The first-order valence-corrected chi connectivity index (χ1v) is 6.83. The van der Waals surface area contributed by atoms with Crippen molar-refractivity contribution in [3.8, 4) is 0 Å². The highest BCUT2D eigenvalue weighted by molar-refractivity contribution is 5.91. The molecule has 0 unspecified atom stereocenters. The molecule has 1 rings (SSSR count). The van der Waals surface area contributed by atoms with Crippen molar-refractivity contribution in [2.24, 2.45) is 16.5 Å². The van der Waals surface area contributed by atoms with Gasteiger partial charge in [0.2, 0.25) is 0 Å². The van der Waals surface area contributed by atoms with Crippen LogP contribution < -0.4 is 16.8 Å². The highest BCUT2D eigenvalue weighted by Gasteiger charge is 2.01. The molecule has 0 aliphatic heterocycles. The average Bonchev–Trinajstić information content (AvgIpc) is 2.41. The van der Waals surface area contributed by atoms with E-state index in [4.69, 9.17) is 16.9 Å². The minimum atomic E-state index is 0.223. The second kappa shape index (κ2) is 8.84. The van der Waals surface area contributed by atoms with Crippen molar-refractivity contribution in [2.45, 2.75) is 39.0 Å². The Kier molecular flexibility index (Phi) is 7.02. The quantitative estimate of drug-likeness (QED) is 0.323. The minimum absolute atomic E-state index is 0.223. The summed E-state index contributed by atoms with van der Waals surface area (Å²) in [5, 5.41) is 10.1. The molecule has 0 aromatic carbocycles. The van der Waals surface area contributed by atoms with E-state index in [2.05, 4.69) is 20.3 Å². The second-order valence-corrected chi connectivity index (χ2v) is 4.48. The van der Waals surface area contributed by atoms with Crippen LogP contribution in [0.15, 0.2) is 17.3 Å². The van der Waals surface area contributed by atoms with Gasteiger partial charge in [0.15, 0.2) is 5.96 Å². The smallest absolute Gasteiger partial charge is 0.194 e. The third kappa shape index (κ3) is 6.67. The third-order valence-electron chi connectivity index (χ3n) is 2.56. The Balaban J connectivity index is 2.46. The lowest BCUT2D eigenvalue weighted by Crippen LogP contribution is -2.23. The van der Waals surface area contributed by atoms with E-state index >= 15 is 0 Å². The van der Waals surface area contributed by atoms with Crippen LogP contribution in [0.1, 0.15) is 38.4 Å². The Morgan fingerprint density at radius 3 is 2.90 bits per heavy atom. The van der Waals surface area contributed by atoms with Crippen LogP contribution in [0.3, 0.4) is 0 Å². The molecule has 0 aliphatic carbocycles. The fourth-order valence-corrected chi connectivity index (χ4v) is 1.59. The van der Waals surface area contributed by atoms with Crippen molar-refractivity contribution in [1.29, 1.82) is 5.41 Å². The van der Waals surface area contributed by atoms with Crippen LogP contribution >= 0.6 is 0 Å². The highest BCUT2D eigenvalue weighted by Crippen LogP contribution is 2.06. The number of anilines is 1. The molecule has 7 nitrogen and oxygen atoms in total. The lowest BCUT2D eigenvalue weighted by atomic mass is 10.2. The number of unbranched alkanes of at least 4 members (excludes halogenated alkanes) is 1. The van der Waals surface area contributed by atoms with Gasteiger partial charge in [0.25, 0.3) is 0 Å². The van der Waals surface area contributed by atoms with E-state index in [0.717, 1.165) is 31.5 Å². The van der Waals surface area contributed by atoms with Crippen LogP contribution in [-0.4, -0.2) is 28.3 Å². The molecule has 7 heteroatoms. The number of nitrogens with one attached hydrogen (secondary N) is 2. The number of guanidine groups is 1. The van der Waals surface area contributed by atoms with Gasteiger partial charge in [0.05, 0.1) is 5.84 Å². The maximum absolute atomic E-state index is 7.15. The molecule has 0 saturated heterocycles. The first kappa shape index (κ1) is 15.9. The van der Waals surface area contributed by atoms with Crippen molar-refractivity contribution >= 4 is 17.6 Å². The van der Waals surface area contributed by atoms with Crippen LogP contribution in [0, 0.1) is 5.41 Å².